The zero-order chi connectivity index (χ0) is 22.9. The summed E-state index contributed by atoms with van der Waals surface area (Å²) in [4.78, 5) is 16.8. The van der Waals surface area contributed by atoms with E-state index in [0.717, 1.165) is 5.56 Å². The average molecular weight is 456 g/mol. The fraction of sp³-hybridized carbons (Fsp3) is 0.136. The summed E-state index contributed by atoms with van der Waals surface area (Å²) < 4.78 is 41.3. The maximum atomic E-state index is 12.4. The van der Waals surface area contributed by atoms with Crippen LogP contribution in [0.5, 0.6) is 5.75 Å². The lowest BCUT2D eigenvalue weighted by Gasteiger charge is -2.28. The van der Waals surface area contributed by atoms with Crippen LogP contribution < -0.4 is 15.4 Å². The lowest BCUT2D eigenvalue weighted by atomic mass is 9.96. The van der Waals surface area contributed by atoms with Gasteiger partial charge in [0.05, 0.1) is 23.4 Å². The fourth-order valence-corrected chi connectivity index (χ4v) is 4.30. The number of carbonyl (C=O) groups excluding carboxylic acids is 1. The molecule has 1 atom stereocenters. The van der Waals surface area contributed by atoms with E-state index in [9.17, 15) is 18.0 Å². The quantitative estimate of drug-likeness (QED) is 0.553. The van der Waals surface area contributed by atoms with Crippen molar-refractivity contribution >= 4 is 22.9 Å². The van der Waals surface area contributed by atoms with E-state index in [-0.39, 0.29) is 5.75 Å². The van der Waals surface area contributed by atoms with Crippen LogP contribution >= 0.6 is 11.3 Å². The molecule has 0 bridgehead atoms. The van der Waals surface area contributed by atoms with Gasteiger partial charge in [-0.2, -0.15) is 5.26 Å². The van der Waals surface area contributed by atoms with Gasteiger partial charge in [-0.25, -0.2) is 9.78 Å². The van der Waals surface area contributed by atoms with Crippen molar-refractivity contribution in [1.82, 2.24) is 15.6 Å². The Morgan fingerprint density at radius 1 is 1.12 bits per heavy atom. The number of hydrogen-bond acceptors (Lipinski definition) is 5. The summed E-state index contributed by atoms with van der Waals surface area (Å²) in [5.41, 5.74) is 3.97. The Morgan fingerprint density at radius 3 is 2.44 bits per heavy atom. The van der Waals surface area contributed by atoms with E-state index in [2.05, 4.69) is 26.4 Å². The molecular formula is C22H15F3N4O2S. The molecule has 10 heteroatoms. The number of amides is 2. The first kappa shape index (κ1) is 21.4. The Hall–Kier alpha value is -3.84. The van der Waals surface area contributed by atoms with E-state index in [1.165, 1.54) is 35.6 Å². The molecule has 162 valence electrons. The number of nitrogens with zero attached hydrogens (tertiary/aromatic N) is 2. The minimum absolute atomic E-state index is 0.346. The molecule has 0 saturated carbocycles. The Balaban J connectivity index is 1.67. The molecule has 4 rings (SSSR count). The minimum Gasteiger partial charge on any atom is -0.406 e. The van der Waals surface area contributed by atoms with Crippen LogP contribution in [0, 0.1) is 11.3 Å². The van der Waals surface area contributed by atoms with E-state index >= 15 is 0 Å². The second-order valence-electron chi connectivity index (χ2n) is 6.91. The maximum absolute atomic E-state index is 12.4. The molecule has 2 amide bonds. The molecular weight excluding hydrogens is 441 g/mol. The Kier molecular flexibility index (Phi) is 5.59. The van der Waals surface area contributed by atoms with E-state index in [1.807, 2.05) is 5.38 Å². The predicted molar refractivity (Wildman–Crippen MR) is 112 cm³/mol. The zero-order valence-corrected chi connectivity index (χ0v) is 17.3. The number of benzene rings is 2. The molecule has 0 fully saturated rings. The van der Waals surface area contributed by atoms with Gasteiger partial charge in [-0.3, -0.25) is 0 Å². The third-order valence-electron chi connectivity index (χ3n) is 4.76. The van der Waals surface area contributed by atoms with Crippen LogP contribution in [0.4, 0.5) is 18.0 Å². The molecule has 1 unspecified atom stereocenters. The van der Waals surface area contributed by atoms with Gasteiger partial charge in [0.2, 0.25) is 0 Å². The summed E-state index contributed by atoms with van der Waals surface area (Å²) in [7, 11) is 0. The predicted octanol–water partition coefficient (Wildman–Crippen LogP) is 5.37. The molecule has 1 aliphatic heterocycles. The number of allylic oxidation sites excluding steroid dienone is 1. The van der Waals surface area contributed by atoms with Crippen LogP contribution in [0.2, 0.25) is 0 Å². The van der Waals surface area contributed by atoms with Crippen molar-refractivity contribution in [1.29, 1.82) is 5.26 Å². The summed E-state index contributed by atoms with van der Waals surface area (Å²) in [6.45, 7) is 1.74. The van der Waals surface area contributed by atoms with Crippen molar-refractivity contribution < 1.29 is 22.7 Å². The number of carbonyl (C=O) groups is 1. The summed E-state index contributed by atoms with van der Waals surface area (Å²) in [5.74, 6) is -0.346. The second-order valence-corrected chi connectivity index (χ2v) is 7.77. The summed E-state index contributed by atoms with van der Waals surface area (Å²) >= 11 is 1.38. The maximum Gasteiger partial charge on any atom is 0.573 e. The van der Waals surface area contributed by atoms with Gasteiger partial charge in [-0.1, -0.05) is 24.3 Å². The number of urea groups is 1. The molecule has 0 saturated heterocycles. The first-order valence-electron chi connectivity index (χ1n) is 9.34. The summed E-state index contributed by atoms with van der Waals surface area (Å²) in [6.07, 6.45) is -4.78. The number of thiazole rings is 1. The first-order chi connectivity index (χ1) is 15.2. The van der Waals surface area contributed by atoms with E-state index in [1.54, 1.807) is 31.2 Å². The normalized spacial score (nSPS) is 16.2. The SMILES string of the molecule is CC1=C(c2nc(-c3ccc(C#N)cc3)cs2)C(c2ccc(OC(F)(F)F)cc2)NC(=O)N1. The van der Waals surface area contributed by atoms with Crippen molar-refractivity contribution in [3.05, 3.63) is 75.7 Å². The highest BCUT2D eigenvalue weighted by molar-refractivity contribution is 7.11. The molecule has 1 aliphatic rings. The highest BCUT2D eigenvalue weighted by Crippen LogP contribution is 2.38. The molecule has 0 spiro atoms. The number of nitrogens with one attached hydrogen (secondary N) is 2. The number of halogens is 3. The lowest BCUT2D eigenvalue weighted by molar-refractivity contribution is -0.274. The van der Waals surface area contributed by atoms with Gasteiger partial charge in [-0.05, 0) is 36.8 Å². The highest BCUT2D eigenvalue weighted by Gasteiger charge is 2.32. The number of nitriles is 1. The minimum atomic E-state index is -4.78. The summed E-state index contributed by atoms with van der Waals surface area (Å²) in [5, 5.41) is 17.0. The number of aromatic nitrogens is 1. The molecule has 0 radical (unpaired) electrons. The average Bonchev–Trinajstić information content (AvgIpc) is 3.22. The van der Waals surface area contributed by atoms with E-state index in [4.69, 9.17) is 5.26 Å². The van der Waals surface area contributed by atoms with E-state index < -0.39 is 18.4 Å². The summed E-state index contributed by atoms with van der Waals surface area (Å²) in [6, 6.07) is 13.4. The van der Waals surface area contributed by atoms with Crippen LogP contribution in [0.15, 0.2) is 59.6 Å². The van der Waals surface area contributed by atoms with Gasteiger partial charge in [-0.15, -0.1) is 24.5 Å². The van der Waals surface area contributed by atoms with Crippen molar-refractivity contribution in [3.8, 4) is 23.1 Å². The van der Waals surface area contributed by atoms with Crippen molar-refractivity contribution in [3.63, 3.8) is 0 Å². The highest BCUT2D eigenvalue weighted by atomic mass is 32.1. The van der Waals surface area contributed by atoms with Gasteiger partial charge < -0.3 is 15.4 Å². The van der Waals surface area contributed by atoms with Gasteiger partial charge >= 0.3 is 12.4 Å². The molecule has 2 N–H and O–H groups in total. The Morgan fingerprint density at radius 2 is 1.81 bits per heavy atom. The number of rotatable bonds is 4. The van der Waals surface area contributed by atoms with Gasteiger partial charge in [0.1, 0.15) is 10.8 Å². The number of ether oxygens (including phenoxy) is 1. The second kappa shape index (κ2) is 8.36. The Labute approximate surface area is 185 Å². The van der Waals surface area contributed by atoms with Crippen LogP contribution in [-0.4, -0.2) is 17.4 Å². The van der Waals surface area contributed by atoms with Crippen molar-refractivity contribution in [2.45, 2.75) is 19.3 Å². The standard InChI is InChI=1S/C22H15F3N4O2S/c1-12-18(20-28-17(11-32-20)14-4-2-13(10-26)3-5-14)19(29-21(30)27-12)15-6-8-16(9-7-15)31-22(23,24)25/h2-9,11,19H,1H3,(H2,27,29,30). The van der Waals surface area contributed by atoms with Gasteiger partial charge in [0, 0.05) is 22.2 Å². The molecule has 1 aromatic heterocycles. The lowest BCUT2D eigenvalue weighted by Crippen LogP contribution is -2.42. The molecule has 32 heavy (non-hydrogen) atoms. The van der Waals surface area contributed by atoms with Crippen molar-refractivity contribution in [2.75, 3.05) is 0 Å². The number of hydrogen-bond donors (Lipinski definition) is 2. The van der Waals surface area contributed by atoms with E-state index in [0.29, 0.717) is 33.1 Å². The smallest absolute Gasteiger partial charge is 0.406 e. The van der Waals surface area contributed by atoms with Crippen LogP contribution in [0.3, 0.4) is 0 Å². The molecule has 2 heterocycles. The number of alkyl halides is 3. The van der Waals surface area contributed by atoms with Crippen molar-refractivity contribution in [2.24, 2.45) is 0 Å². The largest absolute Gasteiger partial charge is 0.573 e. The van der Waals surface area contributed by atoms with Gasteiger partial charge in [0.15, 0.2) is 0 Å². The third kappa shape index (κ3) is 4.58. The first-order valence-corrected chi connectivity index (χ1v) is 10.2. The van der Waals surface area contributed by atoms with Crippen LogP contribution in [0.1, 0.15) is 29.1 Å². The third-order valence-corrected chi connectivity index (χ3v) is 5.64. The fourth-order valence-electron chi connectivity index (χ4n) is 3.33. The van der Waals surface area contributed by atoms with Gasteiger partial charge in [0.25, 0.3) is 0 Å². The molecule has 0 aliphatic carbocycles. The topological polar surface area (TPSA) is 87.0 Å². The van der Waals surface area contributed by atoms with Crippen LogP contribution in [-0.2, 0) is 0 Å². The molecule has 3 aromatic rings. The molecule has 6 nitrogen and oxygen atoms in total. The van der Waals surface area contributed by atoms with Crippen LogP contribution in [0.25, 0.3) is 16.8 Å². The molecule has 2 aromatic carbocycles. The Bertz CT molecular complexity index is 1230. The monoisotopic (exact) mass is 456 g/mol. The zero-order valence-electron chi connectivity index (χ0n) is 16.5.